The number of guanidine groups is 1. The van der Waals surface area contributed by atoms with E-state index in [4.69, 9.17) is 0 Å². The van der Waals surface area contributed by atoms with Crippen LogP contribution in [0.2, 0.25) is 0 Å². The van der Waals surface area contributed by atoms with Gasteiger partial charge in [0.05, 0.1) is 0 Å². The molecule has 144 valence electrons. The van der Waals surface area contributed by atoms with Crippen LogP contribution in [0.5, 0.6) is 0 Å². The van der Waals surface area contributed by atoms with Crippen LogP contribution < -0.4 is 16.0 Å². The Hall–Kier alpha value is -2.04. The zero-order valence-electron chi connectivity index (χ0n) is 16.6. The van der Waals surface area contributed by atoms with Crippen molar-refractivity contribution in [1.82, 2.24) is 16.0 Å². The second-order valence-corrected chi connectivity index (χ2v) is 7.51. The maximum absolute atomic E-state index is 12.3. The van der Waals surface area contributed by atoms with E-state index in [1.54, 1.807) is 7.05 Å². The molecule has 26 heavy (non-hydrogen) atoms. The van der Waals surface area contributed by atoms with Gasteiger partial charge < -0.3 is 16.0 Å². The third kappa shape index (κ3) is 6.36. The lowest BCUT2D eigenvalue weighted by Crippen LogP contribution is -2.44. The van der Waals surface area contributed by atoms with Gasteiger partial charge in [-0.3, -0.25) is 9.79 Å². The van der Waals surface area contributed by atoms with Gasteiger partial charge in [0.15, 0.2) is 5.96 Å². The van der Waals surface area contributed by atoms with Gasteiger partial charge in [0.25, 0.3) is 5.91 Å². The molecule has 1 atom stereocenters. The summed E-state index contributed by atoms with van der Waals surface area (Å²) in [7, 11) is 1.80. The summed E-state index contributed by atoms with van der Waals surface area (Å²) in [5.41, 5.74) is 1.77. The monoisotopic (exact) mass is 358 g/mol. The first-order valence-corrected chi connectivity index (χ1v) is 9.88. The molecule has 0 aromatic heterocycles. The summed E-state index contributed by atoms with van der Waals surface area (Å²) in [5, 5.41) is 9.91. The summed E-state index contributed by atoms with van der Waals surface area (Å²) < 4.78 is 0. The van der Waals surface area contributed by atoms with E-state index < -0.39 is 0 Å². The van der Waals surface area contributed by atoms with Crippen molar-refractivity contribution in [3.05, 3.63) is 35.4 Å². The fourth-order valence-corrected chi connectivity index (χ4v) is 3.21. The number of benzene rings is 1. The predicted octanol–water partition coefficient (Wildman–Crippen LogP) is 3.46. The molecule has 0 radical (unpaired) electrons. The molecule has 1 aromatic carbocycles. The number of amides is 1. The fourth-order valence-electron chi connectivity index (χ4n) is 3.21. The maximum Gasteiger partial charge on any atom is 0.251 e. The smallest absolute Gasteiger partial charge is 0.251 e. The molecule has 0 bridgehead atoms. The first-order chi connectivity index (χ1) is 12.5. The number of aliphatic imine (C=N–C) groups is 1. The second kappa shape index (κ2) is 10.2. The van der Waals surface area contributed by atoms with Gasteiger partial charge in [-0.2, -0.15) is 0 Å². The van der Waals surface area contributed by atoms with Crippen LogP contribution in [0.4, 0.5) is 0 Å². The number of hydrogen-bond acceptors (Lipinski definition) is 2. The molecule has 0 heterocycles. The van der Waals surface area contributed by atoms with Crippen molar-refractivity contribution >= 4 is 11.9 Å². The Morgan fingerprint density at radius 3 is 2.65 bits per heavy atom. The molecule has 0 aliphatic heterocycles. The number of carbonyl (C=O) groups excluding carboxylic acids is 1. The lowest BCUT2D eigenvalue weighted by Gasteiger charge is -2.28. The van der Waals surface area contributed by atoms with E-state index in [9.17, 15) is 4.79 Å². The van der Waals surface area contributed by atoms with Crippen molar-refractivity contribution in [3.63, 3.8) is 0 Å². The normalized spacial score (nSPS) is 21.8. The van der Waals surface area contributed by atoms with Crippen LogP contribution in [-0.4, -0.2) is 31.0 Å². The zero-order valence-corrected chi connectivity index (χ0v) is 16.6. The summed E-state index contributed by atoms with van der Waals surface area (Å²) in [6, 6.07) is 8.46. The van der Waals surface area contributed by atoms with Gasteiger partial charge >= 0.3 is 0 Å². The Balaban J connectivity index is 1.87. The van der Waals surface area contributed by atoms with Gasteiger partial charge in [-0.1, -0.05) is 26.0 Å². The van der Waals surface area contributed by atoms with Gasteiger partial charge in [-0.25, -0.2) is 0 Å². The predicted molar refractivity (Wildman–Crippen MR) is 108 cm³/mol. The lowest BCUT2D eigenvalue weighted by atomic mass is 9.87. The van der Waals surface area contributed by atoms with Crippen molar-refractivity contribution in [2.24, 2.45) is 10.9 Å². The van der Waals surface area contributed by atoms with E-state index in [0.29, 0.717) is 18.2 Å². The Labute approximate surface area is 158 Å². The van der Waals surface area contributed by atoms with Crippen LogP contribution in [0.25, 0.3) is 0 Å². The van der Waals surface area contributed by atoms with Gasteiger partial charge in [-0.15, -0.1) is 0 Å². The molecule has 1 aromatic rings. The highest BCUT2D eigenvalue weighted by atomic mass is 16.1. The van der Waals surface area contributed by atoms with Gasteiger partial charge in [0.2, 0.25) is 0 Å². The highest BCUT2D eigenvalue weighted by Crippen LogP contribution is 2.23. The van der Waals surface area contributed by atoms with Crippen molar-refractivity contribution in [2.75, 3.05) is 7.05 Å². The number of rotatable bonds is 6. The van der Waals surface area contributed by atoms with E-state index in [-0.39, 0.29) is 11.9 Å². The maximum atomic E-state index is 12.3. The molecule has 1 aliphatic carbocycles. The van der Waals surface area contributed by atoms with E-state index in [2.05, 4.69) is 34.8 Å². The minimum absolute atomic E-state index is 0.0139. The minimum atomic E-state index is -0.0139. The zero-order chi connectivity index (χ0) is 18.9. The van der Waals surface area contributed by atoms with Crippen LogP contribution in [0, 0.1) is 5.92 Å². The molecule has 5 heteroatoms. The van der Waals surface area contributed by atoms with E-state index in [0.717, 1.165) is 23.9 Å². The Morgan fingerprint density at radius 2 is 2.00 bits per heavy atom. The molecule has 1 fully saturated rings. The topological polar surface area (TPSA) is 65.5 Å². The SMILES string of the molecule is CCC(C)NC(=O)c1cccc(CNC(=NC)NC2CCC(C)CC2)c1. The second-order valence-electron chi connectivity index (χ2n) is 7.51. The molecule has 3 N–H and O–H groups in total. The molecule has 1 saturated carbocycles. The van der Waals surface area contributed by atoms with E-state index >= 15 is 0 Å². The largest absolute Gasteiger partial charge is 0.354 e. The molecule has 0 saturated heterocycles. The highest BCUT2D eigenvalue weighted by molar-refractivity contribution is 5.94. The fraction of sp³-hybridized carbons (Fsp3) is 0.619. The standard InChI is InChI=1S/C21H34N4O/c1-5-16(3)24-20(26)18-8-6-7-17(13-18)14-23-21(22-4)25-19-11-9-15(2)10-12-19/h6-8,13,15-16,19H,5,9-12,14H2,1-4H3,(H,24,26)(H2,22,23,25). The van der Waals surface area contributed by atoms with Crippen LogP contribution in [0.15, 0.2) is 29.3 Å². The molecule has 0 spiro atoms. The van der Waals surface area contributed by atoms with Crippen molar-refractivity contribution in [3.8, 4) is 0 Å². The molecule has 2 rings (SSSR count). The van der Waals surface area contributed by atoms with Crippen LogP contribution in [0.1, 0.15) is 68.8 Å². The van der Waals surface area contributed by atoms with Gasteiger partial charge in [-0.05, 0) is 62.6 Å². The number of nitrogens with one attached hydrogen (secondary N) is 3. The van der Waals surface area contributed by atoms with Gasteiger partial charge in [0, 0.05) is 31.2 Å². The first kappa shape index (κ1) is 20.3. The quantitative estimate of drug-likeness (QED) is 0.539. The molecule has 1 unspecified atom stereocenters. The number of carbonyl (C=O) groups is 1. The van der Waals surface area contributed by atoms with Crippen LogP contribution in [0.3, 0.4) is 0 Å². The van der Waals surface area contributed by atoms with Crippen LogP contribution >= 0.6 is 0 Å². The number of nitrogens with zero attached hydrogens (tertiary/aromatic N) is 1. The Bertz CT molecular complexity index is 606. The van der Waals surface area contributed by atoms with E-state index in [1.165, 1.54) is 25.7 Å². The molecule has 1 aliphatic rings. The first-order valence-electron chi connectivity index (χ1n) is 9.88. The highest BCUT2D eigenvalue weighted by Gasteiger charge is 2.18. The number of hydrogen-bond donors (Lipinski definition) is 3. The lowest BCUT2D eigenvalue weighted by molar-refractivity contribution is 0.0939. The van der Waals surface area contributed by atoms with E-state index in [1.807, 2.05) is 31.2 Å². The summed E-state index contributed by atoms with van der Waals surface area (Å²) in [6.45, 7) is 7.06. The molecule has 5 nitrogen and oxygen atoms in total. The summed E-state index contributed by atoms with van der Waals surface area (Å²) in [5.74, 6) is 1.66. The minimum Gasteiger partial charge on any atom is -0.354 e. The summed E-state index contributed by atoms with van der Waals surface area (Å²) in [4.78, 5) is 16.6. The average Bonchev–Trinajstić information content (AvgIpc) is 2.66. The van der Waals surface area contributed by atoms with Crippen molar-refractivity contribution in [2.45, 2.75) is 71.5 Å². The summed E-state index contributed by atoms with van der Waals surface area (Å²) in [6.07, 6.45) is 5.89. The third-order valence-corrected chi connectivity index (χ3v) is 5.22. The molecular formula is C21H34N4O. The molecule has 1 amide bonds. The summed E-state index contributed by atoms with van der Waals surface area (Å²) >= 11 is 0. The third-order valence-electron chi connectivity index (χ3n) is 5.22. The van der Waals surface area contributed by atoms with Crippen molar-refractivity contribution in [1.29, 1.82) is 0 Å². The molecular weight excluding hydrogens is 324 g/mol. The van der Waals surface area contributed by atoms with Gasteiger partial charge in [0.1, 0.15) is 0 Å². The van der Waals surface area contributed by atoms with Crippen molar-refractivity contribution < 1.29 is 4.79 Å². The Kier molecular flexibility index (Phi) is 7.95. The average molecular weight is 359 g/mol. The van der Waals surface area contributed by atoms with Crippen LogP contribution in [-0.2, 0) is 6.54 Å². The Morgan fingerprint density at radius 1 is 1.27 bits per heavy atom.